The van der Waals surface area contributed by atoms with Crippen LogP contribution in [0, 0.1) is 0 Å². The van der Waals surface area contributed by atoms with Gasteiger partial charge in [0.2, 0.25) is 0 Å². The van der Waals surface area contributed by atoms with Crippen molar-refractivity contribution in [1.82, 2.24) is 4.98 Å². The fourth-order valence-corrected chi connectivity index (χ4v) is 2.17. The van der Waals surface area contributed by atoms with Crippen LogP contribution in [0.1, 0.15) is 25.3 Å². The van der Waals surface area contributed by atoms with Crippen LogP contribution in [0.4, 0.5) is 5.82 Å². The van der Waals surface area contributed by atoms with E-state index in [0.29, 0.717) is 12.6 Å². The van der Waals surface area contributed by atoms with Crippen molar-refractivity contribution >= 4 is 5.82 Å². The lowest BCUT2D eigenvalue weighted by atomic mass is 10.2. The maximum absolute atomic E-state index is 5.50. The summed E-state index contributed by atoms with van der Waals surface area (Å²) in [5.74, 6) is 1.11. The quantitative estimate of drug-likeness (QED) is 0.814. The minimum absolute atomic E-state index is 0.637. The lowest BCUT2D eigenvalue weighted by Gasteiger charge is -2.22. The van der Waals surface area contributed by atoms with Crippen LogP contribution in [0.3, 0.4) is 0 Å². The Balaban J connectivity index is 2.09. The van der Waals surface area contributed by atoms with E-state index < -0.39 is 0 Å². The van der Waals surface area contributed by atoms with E-state index in [1.54, 1.807) is 0 Å². The zero-order chi connectivity index (χ0) is 10.7. The minimum Gasteiger partial charge on any atom is -0.354 e. The first-order chi connectivity index (χ1) is 7.31. The van der Waals surface area contributed by atoms with Crippen LogP contribution in [0.5, 0.6) is 0 Å². The Morgan fingerprint density at radius 1 is 1.53 bits per heavy atom. The fourth-order valence-electron chi connectivity index (χ4n) is 2.17. The van der Waals surface area contributed by atoms with Crippen molar-refractivity contribution in [2.24, 2.45) is 5.73 Å². The van der Waals surface area contributed by atoms with Crippen molar-refractivity contribution in [3.63, 3.8) is 0 Å². The molecule has 1 aromatic heterocycles. The molecule has 1 aromatic rings. The molecule has 0 saturated carbocycles. The molecule has 2 heterocycles. The van der Waals surface area contributed by atoms with Gasteiger partial charge in [0.15, 0.2) is 0 Å². The lowest BCUT2D eigenvalue weighted by Crippen LogP contribution is -2.27. The van der Waals surface area contributed by atoms with Gasteiger partial charge in [0.05, 0.1) is 0 Å². The number of hydrogen-bond donors (Lipinski definition) is 1. The molecule has 0 aromatic carbocycles. The van der Waals surface area contributed by atoms with Crippen LogP contribution >= 0.6 is 0 Å². The van der Waals surface area contributed by atoms with Crippen molar-refractivity contribution in [2.45, 2.75) is 32.2 Å². The first-order valence-electron chi connectivity index (χ1n) is 5.73. The van der Waals surface area contributed by atoms with Gasteiger partial charge in [-0.1, -0.05) is 6.07 Å². The standard InChI is InChI=1S/C12H19N3/c1-10-3-2-8-15(10)12-5-4-11(6-7-13)9-14-12/h4-5,9-10H,2-3,6-8,13H2,1H3. The zero-order valence-electron chi connectivity index (χ0n) is 9.32. The minimum atomic E-state index is 0.637. The number of aromatic nitrogens is 1. The van der Waals surface area contributed by atoms with Crippen LogP contribution in [-0.2, 0) is 6.42 Å². The Morgan fingerprint density at radius 2 is 2.40 bits per heavy atom. The lowest BCUT2D eigenvalue weighted by molar-refractivity contribution is 0.726. The number of nitrogens with two attached hydrogens (primary N) is 1. The molecule has 0 radical (unpaired) electrons. The highest BCUT2D eigenvalue weighted by molar-refractivity contribution is 5.41. The molecule has 3 nitrogen and oxygen atoms in total. The molecule has 2 N–H and O–H groups in total. The molecular formula is C12H19N3. The number of nitrogens with zero attached hydrogens (tertiary/aromatic N) is 2. The van der Waals surface area contributed by atoms with E-state index in [0.717, 1.165) is 18.8 Å². The summed E-state index contributed by atoms with van der Waals surface area (Å²) >= 11 is 0. The van der Waals surface area contributed by atoms with Crippen molar-refractivity contribution in [3.05, 3.63) is 23.9 Å². The molecule has 1 saturated heterocycles. The summed E-state index contributed by atoms with van der Waals surface area (Å²) in [6, 6.07) is 4.89. The maximum atomic E-state index is 5.50. The predicted molar refractivity (Wildman–Crippen MR) is 63.0 cm³/mol. The molecule has 1 fully saturated rings. The average molecular weight is 205 g/mol. The third-order valence-electron chi connectivity index (χ3n) is 3.09. The summed E-state index contributed by atoms with van der Waals surface area (Å²) < 4.78 is 0. The summed E-state index contributed by atoms with van der Waals surface area (Å²) in [6.07, 6.45) is 5.44. The summed E-state index contributed by atoms with van der Waals surface area (Å²) in [7, 11) is 0. The second-order valence-corrected chi connectivity index (χ2v) is 4.25. The molecule has 0 bridgehead atoms. The van der Waals surface area contributed by atoms with E-state index >= 15 is 0 Å². The number of anilines is 1. The third kappa shape index (κ3) is 2.29. The first kappa shape index (κ1) is 10.4. The molecule has 2 rings (SSSR count). The van der Waals surface area contributed by atoms with Crippen LogP contribution in [0.15, 0.2) is 18.3 Å². The molecule has 0 spiro atoms. The van der Waals surface area contributed by atoms with Gasteiger partial charge in [0, 0.05) is 18.8 Å². The van der Waals surface area contributed by atoms with E-state index in [1.807, 2.05) is 6.20 Å². The van der Waals surface area contributed by atoms with Gasteiger partial charge in [-0.15, -0.1) is 0 Å². The Hall–Kier alpha value is -1.09. The summed E-state index contributed by atoms with van der Waals surface area (Å²) in [6.45, 7) is 4.11. The Bertz CT molecular complexity index is 307. The van der Waals surface area contributed by atoms with Gasteiger partial charge < -0.3 is 10.6 Å². The predicted octanol–water partition coefficient (Wildman–Crippen LogP) is 1.57. The van der Waals surface area contributed by atoms with Gasteiger partial charge in [-0.3, -0.25) is 0 Å². The van der Waals surface area contributed by atoms with Crippen LogP contribution in [0.2, 0.25) is 0 Å². The van der Waals surface area contributed by atoms with Gasteiger partial charge >= 0.3 is 0 Å². The molecule has 0 aliphatic carbocycles. The van der Waals surface area contributed by atoms with Crippen molar-refractivity contribution < 1.29 is 0 Å². The first-order valence-corrected chi connectivity index (χ1v) is 5.73. The third-order valence-corrected chi connectivity index (χ3v) is 3.09. The van der Waals surface area contributed by atoms with E-state index in [4.69, 9.17) is 5.73 Å². The number of pyridine rings is 1. The molecule has 82 valence electrons. The molecule has 1 atom stereocenters. The Morgan fingerprint density at radius 3 is 2.93 bits per heavy atom. The highest BCUT2D eigenvalue weighted by Crippen LogP contribution is 2.23. The molecule has 1 aliphatic rings. The van der Waals surface area contributed by atoms with Crippen LogP contribution in [0.25, 0.3) is 0 Å². The normalized spacial score (nSPS) is 20.9. The van der Waals surface area contributed by atoms with Gasteiger partial charge in [0.25, 0.3) is 0 Å². The SMILES string of the molecule is CC1CCCN1c1ccc(CCN)cn1. The van der Waals surface area contributed by atoms with E-state index in [2.05, 4.69) is 28.9 Å². The van der Waals surface area contributed by atoms with E-state index in [-0.39, 0.29) is 0 Å². The monoisotopic (exact) mass is 205 g/mol. The molecule has 1 aliphatic heterocycles. The zero-order valence-corrected chi connectivity index (χ0v) is 9.32. The molecule has 3 heteroatoms. The average Bonchev–Trinajstić information content (AvgIpc) is 2.66. The topological polar surface area (TPSA) is 42.1 Å². The fraction of sp³-hybridized carbons (Fsp3) is 0.583. The van der Waals surface area contributed by atoms with Gasteiger partial charge in [-0.2, -0.15) is 0 Å². The Labute approximate surface area is 91.3 Å². The number of rotatable bonds is 3. The highest BCUT2D eigenvalue weighted by atomic mass is 15.2. The number of hydrogen-bond acceptors (Lipinski definition) is 3. The van der Waals surface area contributed by atoms with E-state index in [1.165, 1.54) is 18.4 Å². The summed E-state index contributed by atoms with van der Waals surface area (Å²) in [5, 5.41) is 0. The second kappa shape index (κ2) is 4.62. The Kier molecular flexibility index (Phi) is 3.21. The summed E-state index contributed by atoms with van der Waals surface area (Å²) in [5.41, 5.74) is 6.73. The van der Waals surface area contributed by atoms with Crippen molar-refractivity contribution in [1.29, 1.82) is 0 Å². The van der Waals surface area contributed by atoms with Crippen LogP contribution < -0.4 is 10.6 Å². The van der Waals surface area contributed by atoms with Crippen molar-refractivity contribution in [3.8, 4) is 0 Å². The maximum Gasteiger partial charge on any atom is 0.128 e. The van der Waals surface area contributed by atoms with E-state index in [9.17, 15) is 0 Å². The largest absolute Gasteiger partial charge is 0.354 e. The molecule has 0 amide bonds. The second-order valence-electron chi connectivity index (χ2n) is 4.25. The van der Waals surface area contributed by atoms with Gasteiger partial charge in [-0.25, -0.2) is 4.98 Å². The molecule has 1 unspecified atom stereocenters. The van der Waals surface area contributed by atoms with Gasteiger partial charge in [-0.05, 0) is 44.4 Å². The smallest absolute Gasteiger partial charge is 0.128 e. The highest BCUT2D eigenvalue weighted by Gasteiger charge is 2.20. The van der Waals surface area contributed by atoms with Gasteiger partial charge in [0.1, 0.15) is 5.82 Å². The van der Waals surface area contributed by atoms with Crippen LogP contribution in [-0.4, -0.2) is 24.1 Å². The summed E-state index contributed by atoms with van der Waals surface area (Å²) in [4.78, 5) is 6.88. The molecule has 15 heavy (non-hydrogen) atoms. The van der Waals surface area contributed by atoms with Crippen molar-refractivity contribution in [2.75, 3.05) is 18.0 Å². The molecular weight excluding hydrogens is 186 g/mol.